The summed E-state index contributed by atoms with van der Waals surface area (Å²) >= 11 is 0. The van der Waals surface area contributed by atoms with Crippen molar-refractivity contribution in [3.63, 3.8) is 0 Å². The van der Waals surface area contributed by atoms with Gasteiger partial charge in [-0.3, -0.25) is 4.90 Å². The van der Waals surface area contributed by atoms with Gasteiger partial charge in [0.15, 0.2) is 0 Å². The summed E-state index contributed by atoms with van der Waals surface area (Å²) in [4.78, 5) is 12.7. The minimum atomic E-state index is -4.17. The van der Waals surface area contributed by atoms with Gasteiger partial charge in [-0.15, -0.1) is 0 Å². The maximum atomic E-state index is 12.2. The molecular weight excluding hydrogens is 247 g/mol. The van der Waals surface area contributed by atoms with Crippen molar-refractivity contribution in [2.45, 2.75) is 38.4 Å². The Morgan fingerprint density at radius 2 is 2.17 bits per heavy atom. The lowest BCUT2D eigenvalue weighted by molar-refractivity contribution is -0.143. The molecule has 1 rings (SSSR count). The lowest BCUT2D eigenvalue weighted by Gasteiger charge is -2.18. The molecule has 7 heteroatoms. The van der Waals surface area contributed by atoms with Crippen molar-refractivity contribution < 1.29 is 18.0 Å². The molecule has 0 saturated carbocycles. The number of unbranched alkanes of at least 4 members (excludes halogenated alkanes) is 1. The number of halogens is 3. The number of nitrogens with one attached hydrogen (secondary N) is 2. The Kier molecular flexibility index (Phi) is 5.71. The lowest BCUT2D eigenvalue weighted by atomic mass is 10.3. The van der Waals surface area contributed by atoms with Gasteiger partial charge in [-0.05, 0) is 12.8 Å². The van der Waals surface area contributed by atoms with Crippen LogP contribution in [0.1, 0.15) is 26.2 Å². The number of carbonyl (C=O) groups is 1. The molecule has 2 N–H and O–H groups in total. The zero-order valence-corrected chi connectivity index (χ0v) is 10.5. The molecule has 1 fully saturated rings. The molecule has 106 valence electrons. The standard InChI is InChI=1S/C11H20F3N3O/c1-2-3-5-15-10(18)16-9-4-6-17(7-9)8-11(12,13)14/h9H,2-8H2,1H3,(H2,15,16,18). The number of alkyl halides is 3. The topological polar surface area (TPSA) is 44.4 Å². The Bertz CT molecular complexity index is 271. The van der Waals surface area contributed by atoms with Crippen LogP contribution in [-0.2, 0) is 0 Å². The fourth-order valence-corrected chi connectivity index (χ4v) is 1.96. The molecule has 1 unspecified atom stereocenters. The quantitative estimate of drug-likeness (QED) is 0.745. The van der Waals surface area contributed by atoms with Crippen LogP contribution in [0.4, 0.5) is 18.0 Å². The molecule has 0 aliphatic carbocycles. The van der Waals surface area contributed by atoms with E-state index in [2.05, 4.69) is 10.6 Å². The zero-order valence-electron chi connectivity index (χ0n) is 10.5. The smallest absolute Gasteiger partial charge is 0.338 e. The van der Waals surface area contributed by atoms with E-state index in [4.69, 9.17) is 0 Å². The molecular formula is C11H20F3N3O. The molecule has 18 heavy (non-hydrogen) atoms. The number of rotatable bonds is 5. The van der Waals surface area contributed by atoms with E-state index in [9.17, 15) is 18.0 Å². The van der Waals surface area contributed by atoms with E-state index in [1.165, 1.54) is 4.90 Å². The van der Waals surface area contributed by atoms with Gasteiger partial charge in [-0.1, -0.05) is 13.3 Å². The molecule has 0 bridgehead atoms. The number of carbonyl (C=O) groups excluding carboxylic acids is 1. The third-order valence-corrected chi connectivity index (χ3v) is 2.83. The number of nitrogens with zero attached hydrogens (tertiary/aromatic N) is 1. The van der Waals surface area contributed by atoms with Gasteiger partial charge in [0.2, 0.25) is 0 Å². The highest BCUT2D eigenvalue weighted by molar-refractivity contribution is 5.74. The second-order valence-corrected chi connectivity index (χ2v) is 4.59. The molecule has 1 saturated heterocycles. The monoisotopic (exact) mass is 267 g/mol. The van der Waals surface area contributed by atoms with E-state index in [1.807, 2.05) is 6.92 Å². The minimum Gasteiger partial charge on any atom is -0.338 e. The number of likely N-dealkylation sites (tertiary alicyclic amines) is 1. The summed E-state index contributed by atoms with van der Waals surface area (Å²) in [6, 6.07) is -0.476. The van der Waals surface area contributed by atoms with Gasteiger partial charge < -0.3 is 10.6 Å². The SMILES string of the molecule is CCCCNC(=O)NC1CCN(CC(F)(F)F)C1. The van der Waals surface area contributed by atoms with Crippen molar-refractivity contribution in [1.29, 1.82) is 0 Å². The summed E-state index contributed by atoms with van der Waals surface area (Å²) in [6.07, 6.45) is -1.71. The van der Waals surface area contributed by atoms with Crippen LogP contribution >= 0.6 is 0 Å². The average Bonchev–Trinajstić information content (AvgIpc) is 2.63. The average molecular weight is 267 g/mol. The highest BCUT2D eigenvalue weighted by Gasteiger charge is 2.34. The van der Waals surface area contributed by atoms with Crippen LogP contribution in [0.3, 0.4) is 0 Å². The van der Waals surface area contributed by atoms with Crippen LogP contribution in [-0.4, -0.2) is 49.3 Å². The van der Waals surface area contributed by atoms with Crippen LogP contribution in [0.5, 0.6) is 0 Å². The number of urea groups is 1. The van der Waals surface area contributed by atoms with Gasteiger partial charge in [0.25, 0.3) is 0 Å². The Morgan fingerprint density at radius 1 is 1.44 bits per heavy atom. The summed E-state index contributed by atoms with van der Waals surface area (Å²) in [5.74, 6) is 0. The molecule has 0 aromatic rings. The van der Waals surface area contributed by atoms with Crippen molar-refractivity contribution in [2.24, 2.45) is 0 Å². The van der Waals surface area contributed by atoms with E-state index in [-0.39, 0.29) is 18.6 Å². The summed E-state index contributed by atoms with van der Waals surface area (Å²) in [5.41, 5.74) is 0. The molecule has 2 amide bonds. The fraction of sp³-hybridized carbons (Fsp3) is 0.909. The highest BCUT2D eigenvalue weighted by Crippen LogP contribution is 2.19. The maximum Gasteiger partial charge on any atom is 0.401 e. The second kappa shape index (κ2) is 6.82. The lowest BCUT2D eigenvalue weighted by Crippen LogP contribution is -2.44. The molecule has 0 aromatic heterocycles. The highest BCUT2D eigenvalue weighted by atomic mass is 19.4. The predicted molar refractivity (Wildman–Crippen MR) is 62.3 cm³/mol. The Hall–Kier alpha value is -0.980. The van der Waals surface area contributed by atoms with Gasteiger partial charge in [-0.25, -0.2) is 4.79 Å². The van der Waals surface area contributed by atoms with Gasteiger partial charge in [0.1, 0.15) is 0 Å². The van der Waals surface area contributed by atoms with Crippen molar-refractivity contribution in [3.8, 4) is 0 Å². The van der Waals surface area contributed by atoms with Crippen LogP contribution in [0.25, 0.3) is 0 Å². The Morgan fingerprint density at radius 3 is 2.78 bits per heavy atom. The number of amides is 2. The first kappa shape index (κ1) is 15.1. The molecule has 0 spiro atoms. The molecule has 4 nitrogen and oxygen atoms in total. The third-order valence-electron chi connectivity index (χ3n) is 2.83. The van der Waals surface area contributed by atoms with Crippen molar-refractivity contribution >= 4 is 6.03 Å². The number of hydrogen-bond acceptors (Lipinski definition) is 2. The van der Waals surface area contributed by atoms with Gasteiger partial charge in [0, 0.05) is 25.7 Å². The van der Waals surface area contributed by atoms with Crippen molar-refractivity contribution in [1.82, 2.24) is 15.5 Å². The Labute approximate surface area is 105 Å². The molecule has 0 radical (unpaired) electrons. The van der Waals surface area contributed by atoms with Gasteiger partial charge in [-0.2, -0.15) is 13.2 Å². The molecule has 0 aromatic carbocycles. The molecule has 1 atom stereocenters. The second-order valence-electron chi connectivity index (χ2n) is 4.59. The van der Waals surface area contributed by atoms with Crippen LogP contribution in [0.2, 0.25) is 0 Å². The molecule has 1 aliphatic rings. The van der Waals surface area contributed by atoms with Gasteiger partial charge >= 0.3 is 12.2 Å². The normalized spacial score (nSPS) is 21.0. The largest absolute Gasteiger partial charge is 0.401 e. The third kappa shape index (κ3) is 6.09. The summed E-state index contributed by atoms with van der Waals surface area (Å²) in [6.45, 7) is 2.36. The van der Waals surface area contributed by atoms with Crippen molar-refractivity contribution in [3.05, 3.63) is 0 Å². The van der Waals surface area contributed by atoms with Gasteiger partial charge in [0.05, 0.1) is 6.54 Å². The maximum absolute atomic E-state index is 12.2. The first-order chi connectivity index (χ1) is 8.40. The van der Waals surface area contributed by atoms with Crippen molar-refractivity contribution in [2.75, 3.05) is 26.2 Å². The van der Waals surface area contributed by atoms with E-state index >= 15 is 0 Å². The van der Waals surface area contributed by atoms with E-state index in [0.29, 0.717) is 19.5 Å². The minimum absolute atomic E-state index is 0.186. The first-order valence-electron chi connectivity index (χ1n) is 6.24. The Balaban J connectivity index is 2.19. The van der Waals surface area contributed by atoms with E-state index in [0.717, 1.165) is 12.8 Å². The summed E-state index contributed by atoms with van der Waals surface area (Å²) < 4.78 is 36.5. The van der Waals surface area contributed by atoms with Crippen LogP contribution in [0.15, 0.2) is 0 Å². The zero-order chi connectivity index (χ0) is 13.6. The predicted octanol–water partition coefficient (Wildman–Crippen LogP) is 1.72. The molecule has 1 heterocycles. The fourth-order valence-electron chi connectivity index (χ4n) is 1.96. The summed E-state index contributed by atoms with van der Waals surface area (Å²) in [7, 11) is 0. The molecule has 1 aliphatic heterocycles. The first-order valence-corrected chi connectivity index (χ1v) is 6.24. The number of hydrogen-bond donors (Lipinski definition) is 2. The van der Waals surface area contributed by atoms with Crippen LogP contribution < -0.4 is 10.6 Å². The van der Waals surface area contributed by atoms with E-state index in [1.54, 1.807) is 0 Å². The summed E-state index contributed by atoms with van der Waals surface area (Å²) in [5, 5.41) is 5.38. The van der Waals surface area contributed by atoms with Crippen LogP contribution in [0, 0.1) is 0 Å². The van der Waals surface area contributed by atoms with E-state index < -0.39 is 12.7 Å².